The molecule has 1 N–H and O–H groups in total. The quantitative estimate of drug-likeness (QED) is 0.707. The van der Waals surface area contributed by atoms with Crippen LogP contribution in [0.25, 0.3) is 0 Å². The van der Waals surface area contributed by atoms with Gasteiger partial charge in [-0.3, -0.25) is 4.79 Å². The Labute approximate surface area is 151 Å². The number of aromatic nitrogens is 3. The minimum absolute atomic E-state index is 0.00292. The van der Waals surface area contributed by atoms with Gasteiger partial charge in [0, 0.05) is 11.4 Å². The SMILES string of the molecule is Cc1ccc(CSCC(=O)Nc2ccccc2Cn2cncn2)cc1. The fourth-order valence-electron chi connectivity index (χ4n) is 2.40. The zero-order valence-electron chi connectivity index (χ0n) is 14.1. The van der Waals surface area contributed by atoms with Crippen LogP contribution in [-0.4, -0.2) is 26.4 Å². The Hall–Kier alpha value is -2.60. The largest absolute Gasteiger partial charge is 0.325 e. The number of amides is 1. The first-order chi connectivity index (χ1) is 12.2. The molecule has 0 saturated carbocycles. The van der Waals surface area contributed by atoms with Gasteiger partial charge in [-0.25, -0.2) is 9.67 Å². The summed E-state index contributed by atoms with van der Waals surface area (Å²) in [7, 11) is 0. The summed E-state index contributed by atoms with van der Waals surface area (Å²) < 4.78 is 1.73. The maximum Gasteiger partial charge on any atom is 0.234 e. The number of carbonyl (C=O) groups excluding carboxylic acids is 1. The van der Waals surface area contributed by atoms with Crippen molar-refractivity contribution in [3.05, 3.63) is 77.9 Å². The molecule has 1 heterocycles. The van der Waals surface area contributed by atoms with E-state index in [1.165, 1.54) is 17.5 Å². The monoisotopic (exact) mass is 352 g/mol. The van der Waals surface area contributed by atoms with E-state index in [4.69, 9.17) is 0 Å². The molecular weight excluding hydrogens is 332 g/mol. The maximum atomic E-state index is 12.2. The molecule has 0 aliphatic rings. The Morgan fingerprint density at radius 2 is 1.96 bits per heavy atom. The first kappa shape index (κ1) is 17.2. The molecule has 5 nitrogen and oxygen atoms in total. The molecule has 2 aromatic carbocycles. The highest BCUT2D eigenvalue weighted by molar-refractivity contribution is 7.99. The van der Waals surface area contributed by atoms with E-state index in [0.29, 0.717) is 12.3 Å². The van der Waals surface area contributed by atoms with Crippen LogP contribution in [0.4, 0.5) is 5.69 Å². The predicted molar refractivity (Wildman–Crippen MR) is 102 cm³/mol. The van der Waals surface area contributed by atoms with Crippen LogP contribution in [-0.2, 0) is 17.1 Å². The number of nitrogens with one attached hydrogen (secondary N) is 1. The van der Waals surface area contributed by atoms with Gasteiger partial charge in [-0.2, -0.15) is 5.10 Å². The topological polar surface area (TPSA) is 59.8 Å². The Bertz CT molecular complexity index is 816. The van der Waals surface area contributed by atoms with Crippen molar-refractivity contribution in [1.82, 2.24) is 14.8 Å². The van der Waals surface area contributed by atoms with Crippen LogP contribution >= 0.6 is 11.8 Å². The number of rotatable bonds is 7. The van der Waals surface area contributed by atoms with Crippen molar-refractivity contribution in [1.29, 1.82) is 0 Å². The van der Waals surface area contributed by atoms with E-state index in [0.717, 1.165) is 17.0 Å². The first-order valence-corrected chi connectivity index (χ1v) is 9.19. The Morgan fingerprint density at radius 3 is 2.72 bits per heavy atom. The molecule has 0 bridgehead atoms. The molecule has 0 aliphatic heterocycles. The lowest BCUT2D eigenvalue weighted by Gasteiger charge is -2.11. The van der Waals surface area contributed by atoms with E-state index >= 15 is 0 Å². The molecule has 3 aromatic rings. The van der Waals surface area contributed by atoms with E-state index in [-0.39, 0.29) is 5.91 Å². The van der Waals surface area contributed by atoms with E-state index in [1.54, 1.807) is 22.8 Å². The van der Waals surface area contributed by atoms with Gasteiger partial charge in [0.2, 0.25) is 5.91 Å². The highest BCUT2D eigenvalue weighted by atomic mass is 32.2. The molecule has 0 saturated heterocycles. The third kappa shape index (κ3) is 5.19. The van der Waals surface area contributed by atoms with E-state index in [1.807, 2.05) is 24.3 Å². The summed E-state index contributed by atoms with van der Waals surface area (Å²) in [6.07, 6.45) is 3.17. The molecule has 0 fully saturated rings. The highest BCUT2D eigenvalue weighted by Gasteiger charge is 2.08. The molecule has 3 rings (SSSR count). The summed E-state index contributed by atoms with van der Waals surface area (Å²) in [6, 6.07) is 16.2. The fraction of sp³-hybridized carbons (Fsp3) is 0.211. The fourth-order valence-corrected chi connectivity index (χ4v) is 3.19. The maximum absolute atomic E-state index is 12.2. The third-order valence-electron chi connectivity index (χ3n) is 3.71. The smallest absolute Gasteiger partial charge is 0.234 e. The van der Waals surface area contributed by atoms with Gasteiger partial charge < -0.3 is 5.32 Å². The minimum Gasteiger partial charge on any atom is -0.325 e. The predicted octanol–water partition coefficient (Wildman–Crippen LogP) is 3.51. The van der Waals surface area contributed by atoms with Crippen LogP contribution in [0.3, 0.4) is 0 Å². The lowest BCUT2D eigenvalue weighted by molar-refractivity contribution is -0.113. The van der Waals surface area contributed by atoms with Crippen LogP contribution in [0, 0.1) is 6.92 Å². The summed E-state index contributed by atoms with van der Waals surface area (Å²) in [5.41, 5.74) is 4.30. The van der Waals surface area contributed by atoms with E-state index < -0.39 is 0 Å². The normalized spacial score (nSPS) is 10.6. The summed E-state index contributed by atoms with van der Waals surface area (Å²) in [5.74, 6) is 1.25. The number of nitrogens with zero attached hydrogens (tertiary/aromatic N) is 3. The summed E-state index contributed by atoms with van der Waals surface area (Å²) in [4.78, 5) is 16.2. The molecule has 128 valence electrons. The molecule has 25 heavy (non-hydrogen) atoms. The van der Waals surface area contributed by atoms with Gasteiger partial charge in [-0.05, 0) is 24.1 Å². The molecule has 6 heteroatoms. The Balaban J connectivity index is 1.53. The molecular formula is C19H20N4OS. The van der Waals surface area contributed by atoms with Gasteiger partial charge in [0.25, 0.3) is 0 Å². The second kappa shape index (κ2) is 8.48. The van der Waals surface area contributed by atoms with Crippen LogP contribution in [0.2, 0.25) is 0 Å². The third-order valence-corrected chi connectivity index (χ3v) is 4.72. The Kier molecular flexibility index (Phi) is 5.85. The van der Waals surface area contributed by atoms with Gasteiger partial charge in [0.05, 0.1) is 12.3 Å². The average molecular weight is 352 g/mol. The summed E-state index contributed by atoms with van der Waals surface area (Å²) in [5, 5.41) is 7.11. The number of aryl methyl sites for hydroxylation is 1. The Morgan fingerprint density at radius 1 is 1.16 bits per heavy atom. The molecule has 0 aliphatic carbocycles. The summed E-state index contributed by atoms with van der Waals surface area (Å²) >= 11 is 1.61. The minimum atomic E-state index is 0.00292. The first-order valence-electron chi connectivity index (χ1n) is 8.04. The van der Waals surface area contributed by atoms with Gasteiger partial charge in [0.1, 0.15) is 12.7 Å². The molecule has 0 unspecified atom stereocenters. The molecule has 1 aromatic heterocycles. The molecule has 0 atom stereocenters. The van der Waals surface area contributed by atoms with Crippen molar-refractivity contribution in [2.75, 3.05) is 11.1 Å². The number of para-hydroxylation sites is 1. The van der Waals surface area contributed by atoms with Crippen molar-refractivity contribution in [3.63, 3.8) is 0 Å². The number of benzene rings is 2. The second-order valence-corrected chi connectivity index (χ2v) is 6.76. The highest BCUT2D eigenvalue weighted by Crippen LogP contribution is 2.18. The van der Waals surface area contributed by atoms with Gasteiger partial charge in [0.15, 0.2) is 0 Å². The standard InChI is InChI=1S/C19H20N4OS/c1-15-6-8-16(9-7-15)11-25-12-19(24)22-18-5-3-2-4-17(18)10-23-14-20-13-21-23/h2-9,13-14H,10-12H2,1H3,(H,22,24). The van der Waals surface area contributed by atoms with Crippen molar-refractivity contribution in [3.8, 4) is 0 Å². The lowest BCUT2D eigenvalue weighted by Crippen LogP contribution is -2.16. The van der Waals surface area contributed by atoms with Crippen LogP contribution in [0.15, 0.2) is 61.2 Å². The summed E-state index contributed by atoms with van der Waals surface area (Å²) in [6.45, 7) is 2.65. The molecule has 0 spiro atoms. The number of carbonyl (C=O) groups is 1. The zero-order chi connectivity index (χ0) is 17.5. The van der Waals surface area contributed by atoms with Crippen molar-refractivity contribution >= 4 is 23.4 Å². The van der Waals surface area contributed by atoms with E-state index in [9.17, 15) is 4.79 Å². The van der Waals surface area contributed by atoms with Crippen LogP contribution < -0.4 is 5.32 Å². The number of hydrogen-bond donors (Lipinski definition) is 1. The van der Waals surface area contributed by atoms with Crippen molar-refractivity contribution < 1.29 is 4.79 Å². The number of hydrogen-bond acceptors (Lipinski definition) is 4. The average Bonchev–Trinajstić information content (AvgIpc) is 3.11. The van der Waals surface area contributed by atoms with Gasteiger partial charge >= 0.3 is 0 Å². The number of thioether (sulfide) groups is 1. The number of anilines is 1. The lowest BCUT2D eigenvalue weighted by atomic mass is 10.2. The molecule has 1 amide bonds. The second-order valence-electron chi connectivity index (χ2n) is 5.78. The van der Waals surface area contributed by atoms with Crippen molar-refractivity contribution in [2.24, 2.45) is 0 Å². The van der Waals surface area contributed by atoms with E-state index in [2.05, 4.69) is 46.6 Å². The van der Waals surface area contributed by atoms with Crippen LogP contribution in [0.1, 0.15) is 16.7 Å². The van der Waals surface area contributed by atoms with Gasteiger partial charge in [-0.1, -0.05) is 48.0 Å². The van der Waals surface area contributed by atoms with Gasteiger partial charge in [-0.15, -0.1) is 11.8 Å². The van der Waals surface area contributed by atoms with Crippen LogP contribution in [0.5, 0.6) is 0 Å². The molecule has 0 radical (unpaired) electrons. The zero-order valence-corrected chi connectivity index (χ0v) is 14.9. The van der Waals surface area contributed by atoms with Crippen molar-refractivity contribution in [2.45, 2.75) is 19.2 Å².